The van der Waals surface area contributed by atoms with E-state index in [0.29, 0.717) is 0 Å². The average molecular weight is 261 g/mol. The SMILES string of the molecule is O=C(Nc1ccc(O)c(O)c1)c1cccc(O)c1O. The molecular formula is C13H11NO5. The number of amides is 1. The molecule has 0 atom stereocenters. The molecule has 19 heavy (non-hydrogen) atoms. The minimum absolute atomic E-state index is 0.104. The molecule has 6 nitrogen and oxygen atoms in total. The quantitative estimate of drug-likeness (QED) is 0.418. The van der Waals surface area contributed by atoms with Crippen molar-refractivity contribution >= 4 is 11.6 Å². The number of carbonyl (C=O) groups excluding carboxylic acids is 1. The molecule has 0 aromatic heterocycles. The molecule has 2 rings (SSSR count). The van der Waals surface area contributed by atoms with Crippen molar-refractivity contribution < 1.29 is 25.2 Å². The van der Waals surface area contributed by atoms with E-state index in [1.807, 2.05) is 0 Å². The summed E-state index contributed by atoms with van der Waals surface area (Å²) in [6, 6.07) is 7.76. The monoisotopic (exact) mass is 261 g/mol. The van der Waals surface area contributed by atoms with Crippen LogP contribution in [-0.4, -0.2) is 26.3 Å². The molecule has 0 bridgehead atoms. The summed E-state index contributed by atoms with van der Waals surface area (Å²) in [6.07, 6.45) is 0. The summed E-state index contributed by atoms with van der Waals surface area (Å²) in [5.41, 5.74) is 0.135. The summed E-state index contributed by atoms with van der Waals surface area (Å²) in [5, 5.41) is 39.7. The largest absolute Gasteiger partial charge is 0.504 e. The minimum Gasteiger partial charge on any atom is -0.504 e. The first kappa shape index (κ1) is 12.6. The van der Waals surface area contributed by atoms with Crippen molar-refractivity contribution in [1.29, 1.82) is 0 Å². The molecule has 0 spiro atoms. The molecular weight excluding hydrogens is 250 g/mol. The summed E-state index contributed by atoms with van der Waals surface area (Å²) >= 11 is 0. The zero-order valence-corrected chi connectivity index (χ0v) is 9.66. The van der Waals surface area contributed by atoms with Gasteiger partial charge in [0.1, 0.15) is 0 Å². The lowest BCUT2D eigenvalue weighted by Crippen LogP contribution is -2.11. The second kappa shape index (κ2) is 4.77. The van der Waals surface area contributed by atoms with Gasteiger partial charge in [0.05, 0.1) is 5.56 Å². The Morgan fingerprint density at radius 1 is 0.895 bits per heavy atom. The highest BCUT2D eigenvalue weighted by molar-refractivity contribution is 6.06. The second-order valence-electron chi connectivity index (χ2n) is 3.83. The van der Waals surface area contributed by atoms with Gasteiger partial charge in [0.2, 0.25) is 0 Å². The zero-order chi connectivity index (χ0) is 14.0. The van der Waals surface area contributed by atoms with Gasteiger partial charge in [-0.1, -0.05) is 6.07 Å². The molecule has 0 saturated heterocycles. The third kappa shape index (κ3) is 2.52. The third-order valence-electron chi connectivity index (χ3n) is 2.49. The summed E-state index contributed by atoms with van der Waals surface area (Å²) in [5.74, 6) is -2.26. The Morgan fingerprint density at radius 2 is 1.63 bits per heavy atom. The highest BCUT2D eigenvalue weighted by atomic mass is 16.3. The zero-order valence-electron chi connectivity index (χ0n) is 9.66. The highest BCUT2D eigenvalue weighted by Crippen LogP contribution is 2.30. The van der Waals surface area contributed by atoms with Crippen LogP contribution in [0.3, 0.4) is 0 Å². The van der Waals surface area contributed by atoms with Crippen LogP contribution in [0.15, 0.2) is 36.4 Å². The predicted molar refractivity (Wildman–Crippen MR) is 67.5 cm³/mol. The smallest absolute Gasteiger partial charge is 0.259 e. The molecule has 0 radical (unpaired) electrons. The predicted octanol–water partition coefficient (Wildman–Crippen LogP) is 1.76. The van der Waals surface area contributed by atoms with Crippen LogP contribution >= 0.6 is 0 Å². The topological polar surface area (TPSA) is 110 Å². The van der Waals surface area contributed by atoms with Crippen LogP contribution in [-0.2, 0) is 0 Å². The molecule has 0 heterocycles. The number of aromatic hydroxyl groups is 4. The summed E-state index contributed by atoms with van der Waals surface area (Å²) < 4.78 is 0. The first-order valence-corrected chi connectivity index (χ1v) is 5.33. The van der Waals surface area contributed by atoms with Crippen molar-refractivity contribution in [3.05, 3.63) is 42.0 Å². The van der Waals surface area contributed by atoms with E-state index < -0.39 is 17.4 Å². The fourth-order valence-electron chi connectivity index (χ4n) is 1.51. The van der Waals surface area contributed by atoms with E-state index in [1.54, 1.807) is 0 Å². The second-order valence-corrected chi connectivity index (χ2v) is 3.83. The van der Waals surface area contributed by atoms with Crippen LogP contribution in [0.1, 0.15) is 10.4 Å². The van der Waals surface area contributed by atoms with Crippen molar-refractivity contribution in [3.63, 3.8) is 0 Å². The van der Waals surface area contributed by atoms with E-state index in [-0.39, 0.29) is 22.7 Å². The molecule has 0 aliphatic rings. The molecule has 2 aromatic carbocycles. The Balaban J connectivity index is 2.26. The number of hydrogen-bond acceptors (Lipinski definition) is 5. The maximum absolute atomic E-state index is 11.9. The first-order chi connectivity index (χ1) is 8.99. The van der Waals surface area contributed by atoms with Crippen molar-refractivity contribution in [3.8, 4) is 23.0 Å². The van der Waals surface area contributed by atoms with Gasteiger partial charge in [0.25, 0.3) is 5.91 Å². The van der Waals surface area contributed by atoms with Gasteiger partial charge < -0.3 is 25.7 Å². The lowest BCUT2D eigenvalue weighted by Gasteiger charge is -2.08. The van der Waals surface area contributed by atoms with E-state index in [2.05, 4.69) is 5.32 Å². The summed E-state index contributed by atoms with van der Waals surface area (Å²) in [6.45, 7) is 0. The third-order valence-corrected chi connectivity index (χ3v) is 2.49. The fourth-order valence-corrected chi connectivity index (χ4v) is 1.51. The maximum atomic E-state index is 11.9. The van der Waals surface area contributed by atoms with E-state index in [0.717, 1.165) is 6.07 Å². The molecule has 0 saturated carbocycles. The number of para-hydroxylation sites is 1. The normalized spacial score (nSPS) is 10.1. The molecule has 1 amide bonds. The Bertz CT molecular complexity index is 639. The van der Waals surface area contributed by atoms with Gasteiger partial charge in [-0.3, -0.25) is 4.79 Å². The Labute approximate surface area is 108 Å². The summed E-state index contributed by atoms with van der Waals surface area (Å²) in [7, 11) is 0. The van der Waals surface area contributed by atoms with E-state index >= 15 is 0 Å². The van der Waals surface area contributed by atoms with Crippen LogP contribution in [0.5, 0.6) is 23.0 Å². The van der Waals surface area contributed by atoms with Crippen molar-refractivity contribution in [1.82, 2.24) is 0 Å². The van der Waals surface area contributed by atoms with Crippen molar-refractivity contribution in [2.75, 3.05) is 5.32 Å². The van der Waals surface area contributed by atoms with Gasteiger partial charge in [0.15, 0.2) is 23.0 Å². The number of rotatable bonds is 2. The Hall–Kier alpha value is -2.89. The molecule has 0 fully saturated rings. The van der Waals surface area contributed by atoms with Gasteiger partial charge >= 0.3 is 0 Å². The minimum atomic E-state index is -0.654. The van der Waals surface area contributed by atoms with E-state index in [4.69, 9.17) is 5.11 Å². The van der Waals surface area contributed by atoms with Gasteiger partial charge in [-0.05, 0) is 24.3 Å². The van der Waals surface area contributed by atoms with Crippen LogP contribution < -0.4 is 5.32 Å². The Kier molecular flexibility index (Phi) is 3.15. The number of phenolic OH excluding ortho intramolecular Hbond substituents is 4. The Morgan fingerprint density at radius 3 is 2.32 bits per heavy atom. The number of benzene rings is 2. The van der Waals surface area contributed by atoms with Crippen LogP contribution in [0.25, 0.3) is 0 Å². The van der Waals surface area contributed by atoms with Gasteiger partial charge in [-0.15, -0.1) is 0 Å². The molecule has 98 valence electrons. The van der Waals surface area contributed by atoms with Crippen molar-refractivity contribution in [2.24, 2.45) is 0 Å². The van der Waals surface area contributed by atoms with Gasteiger partial charge in [-0.25, -0.2) is 0 Å². The van der Waals surface area contributed by atoms with E-state index in [9.17, 15) is 20.1 Å². The number of phenols is 4. The number of anilines is 1. The van der Waals surface area contributed by atoms with Crippen molar-refractivity contribution in [2.45, 2.75) is 0 Å². The number of hydrogen-bond donors (Lipinski definition) is 5. The van der Waals surface area contributed by atoms with Crippen LogP contribution in [0, 0.1) is 0 Å². The van der Waals surface area contributed by atoms with Crippen LogP contribution in [0.4, 0.5) is 5.69 Å². The van der Waals surface area contributed by atoms with Gasteiger partial charge in [0, 0.05) is 11.8 Å². The molecule has 5 N–H and O–H groups in total. The molecule has 0 aliphatic carbocycles. The molecule has 6 heteroatoms. The molecule has 0 unspecified atom stereocenters. The fraction of sp³-hybridized carbons (Fsp3) is 0. The van der Waals surface area contributed by atoms with Crippen LogP contribution in [0.2, 0.25) is 0 Å². The lowest BCUT2D eigenvalue weighted by molar-refractivity contribution is 0.102. The number of nitrogens with one attached hydrogen (secondary N) is 1. The standard InChI is InChI=1S/C13H11NO5/c15-9-5-4-7(6-11(9)17)14-13(19)8-2-1-3-10(16)12(8)18/h1-6,15-18H,(H,14,19). The maximum Gasteiger partial charge on any atom is 0.259 e. The summed E-state index contributed by atoms with van der Waals surface area (Å²) in [4.78, 5) is 11.9. The van der Waals surface area contributed by atoms with Gasteiger partial charge in [-0.2, -0.15) is 0 Å². The molecule has 2 aromatic rings. The van der Waals surface area contributed by atoms with E-state index in [1.165, 1.54) is 30.3 Å². The number of carbonyl (C=O) groups is 1. The average Bonchev–Trinajstić information content (AvgIpc) is 2.37. The lowest BCUT2D eigenvalue weighted by atomic mass is 10.1. The first-order valence-electron chi connectivity index (χ1n) is 5.33. The molecule has 0 aliphatic heterocycles. The highest BCUT2D eigenvalue weighted by Gasteiger charge is 2.14.